The third-order valence-electron chi connectivity index (χ3n) is 5.92. The Hall–Kier alpha value is -3.72. The van der Waals surface area contributed by atoms with E-state index < -0.39 is 12.1 Å². The smallest absolute Gasteiger partial charge is 0.407 e. The molecule has 1 atom stereocenters. The Morgan fingerprint density at radius 3 is 2.31 bits per heavy atom. The Morgan fingerprint density at radius 1 is 1.06 bits per heavy atom. The molecule has 3 aromatic rings. The molecule has 35 heavy (non-hydrogen) atoms. The zero-order chi connectivity index (χ0) is 24.9. The predicted molar refractivity (Wildman–Crippen MR) is 133 cm³/mol. The van der Waals surface area contributed by atoms with Gasteiger partial charge in [0.1, 0.15) is 17.3 Å². The first-order valence-corrected chi connectivity index (χ1v) is 12.2. The third kappa shape index (κ3) is 5.68. The highest BCUT2D eigenvalue weighted by molar-refractivity contribution is 7.11. The monoisotopic (exact) mass is 493 g/mol. The fourth-order valence-electron chi connectivity index (χ4n) is 4.26. The molecule has 2 amide bonds. The van der Waals surface area contributed by atoms with E-state index in [1.807, 2.05) is 24.3 Å². The fraction of sp³-hybridized carbons (Fsp3) is 0.308. The van der Waals surface area contributed by atoms with Crippen molar-refractivity contribution in [3.63, 3.8) is 0 Å². The molecule has 1 heterocycles. The summed E-state index contributed by atoms with van der Waals surface area (Å²) in [4.78, 5) is 40.7. The minimum absolute atomic E-state index is 0.0194. The number of hydrogen-bond donors (Lipinski definition) is 3. The highest BCUT2D eigenvalue weighted by Gasteiger charge is 2.29. The van der Waals surface area contributed by atoms with Crippen LogP contribution in [0.25, 0.3) is 11.1 Å². The van der Waals surface area contributed by atoms with E-state index in [9.17, 15) is 14.4 Å². The lowest BCUT2D eigenvalue weighted by molar-refractivity contribution is -0.137. The molecule has 0 fully saturated rings. The number of carbonyl (C=O) groups excluding carboxylic acids is 2. The molecule has 1 aliphatic rings. The van der Waals surface area contributed by atoms with Crippen molar-refractivity contribution >= 4 is 29.3 Å². The van der Waals surface area contributed by atoms with Gasteiger partial charge in [0, 0.05) is 23.8 Å². The number of nitrogens with zero attached hydrogens (tertiary/aromatic N) is 1. The van der Waals surface area contributed by atoms with Gasteiger partial charge in [-0.2, -0.15) is 0 Å². The topological polar surface area (TPSA) is 118 Å². The van der Waals surface area contributed by atoms with E-state index in [1.165, 1.54) is 22.5 Å². The molecule has 0 aliphatic heterocycles. The van der Waals surface area contributed by atoms with Gasteiger partial charge in [0.2, 0.25) is 0 Å². The molecule has 1 aliphatic carbocycles. The second-order valence-corrected chi connectivity index (χ2v) is 9.89. The second kappa shape index (κ2) is 10.7. The number of carboxylic acids is 1. The summed E-state index contributed by atoms with van der Waals surface area (Å²) in [6.45, 7) is 4.15. The lowest BCUT2D eigenvalue weighted by Gasteiger charge is -2.14. The number of aromatic nitrogens is 1. The summed E-state index contributed by atoms with van der Waals surface area (Å²) >= 11 is 1.32. The number of thiazole rings is 1. The van der Waals surface area contributed by atoms with Crippen LogP contribution in [-0.4, -0.2) is 41.2 Å². The lowest BCUT2D eigenvalue weighted by Crippen LogP contribution is -2.30. The predicted octanol–water partition coefficient (Wildman–Crippen LogP) is 4.33. The van der Waals surface area contributed by atoms with Crippen molar-refractivity contribution < 1.29 is 24.2 Å². The molecule has 182 valence electrons. The SMILES string of the molecule is Cc1sc(CNC(=O)OCC2c3ccccc3-c3ccccc32)nc1C(=O)NCC(C)CC(=O)O. The molecule has 0 saturated heterocycles. The van der Waals surface area contributed by atoms with Gasteiger partial charge in [-0.15, -0.1) is 11.3 Å². The summed E-state index contributed by atoms with van der Waals surface area (Å²) in [5, 5.41) is 14.9. The first-order chi connectivity index (χ1) is 16.8. The van der Waals surface area contributed by atoms with Gasteiger partial charge in [0.05, 0.1) is 6.54 Å². The van der Waals surface area contributed by atoms with Gasteiger partial charge in [0.15, 0.2) is 0 Å². The van der Waals surface area contributed by atoms with Crippen LogP contribution in [0.3, 0.4) is 0 Å². The molecule has 4 rings (SSSR count). The van der Waals surface area contributed by atoms with Crippen molar-refractivity contribution in [1.82, 2.24) is 15.6 Å². The highest BCUT2D eigenvalue weighted by Crippen LogP contribution is 2.44. The van der Waals surface area contributed by atoms with Crippen LogP contribution < -0.4 is 10.6 Å². The largest absolute Gasteiger partial charge is 0.481 e. The average molecular weight is 494 g/mol. The Kier molecular flexibility index (Phi) is 7.45. The average Bonchev–Trinajstić information content (AvgIpc) is 3.37. The molecule has 9 heteroatoms. The number of alkyl carbamates (subject to hydrolysis) is 1. The number of benzene rings is 2. The molecule has 0 radical (unpaired) electrons. The van der Waals surface area contributed by atoms with E-state index in [0.29, 0.717) is 5.01 Å². The number of carboxylic acid groups (broad SMARTS) is 1. The molecular weight excluding hydrogens is 466 g/mol. The van der Waals surface area contributed by atoms with Gasteiger partial charge in [0.25, 0.3) is 5.91 Å². The van der Waals surface area contributed by atoms with Crippen molar-refractivity contribution in [2.45, 2.75) is 32.7 Å². The van der Waals surface area contributed by atoms with Crippen LogP contribution in [0.4, 0.5) is 4.79 Å². The van der Waals surface area contributed by atoms with Crippen molar-refractivity contribution in [3.8, 4) is 11.1 Å². The molecule has 0 bridgehead atoms. The summed E-state index contributed by atoms with van der Waals surface area (Å²) in [6, 6.07) is 16.3. The second-order valence-electron chi connectivity index (χ2n) is 8.60. The maximum absolute atomic E-state index is 12.4. The summed E-state index contributed by atoms with van der Waals surface area (Å²) in [5.74, 6) is -1.47. The molecule has 0 saturated carbocycles. The lowest BCUT2D eigenvalue weighted by atomic mass is 9.98. The molecule has 0 spiro atoms. The summed E-state index contributed by atoms with van der Waals surface area (Å²) < 4.78 is 5.54. The molecule has 2 aromatic carbocycles. The number of carbonyl (C=O) groups is 3. The molecular formula is C26H27N3O5S. The number of nitrogens with one attached hydrogen (secondary N) is 2. The van der Waals surface area contributed by atoms with Gasteiger partial charge in [-0.3, -0.25) is 9.59 Å². The van der Waals surface area contributed by atoms with Crippen LogP contribution in [0, 0.1) is 12.8 Å². The van der Waals surface area contributed by atoms with Crippen LogP contribution >= 0.6 is 11.3 Å². The minimum atomic E-state index is -0.904. The van der Waals surface area contributed by atoms with E-state index in [4.69, 9.17) is 9.84 Å². The van der Waals surface area contributed by atoms with E-state index in [1.54, 1.807) is 13.8 Å². The standard InChI is InChI=1S/C26H27N3O5S/c1-15(11-23(30)31)12-27-25(32)24-16(2)35-22(29-24)13-28-26(33)34-14-21-19-9-5-3-7-17(19)18-8-4-6-10-20(18)21/h3-10,15,21H,11-14H2,1-2H3,(H,27,32)(H,28,33)(H,30,31). The quantitative estimate of drug-likeness (QED) is 0.408. The van der Waals surface area contributed by atoms with Crippen LogP contribution in [0.5, 0.6) is 0 Å². The van der Waals surface area contributed by atoms with Crippen molar-refractivity contribution in [3.05, 3.63) is 75.2 Å². The Balaban J connectivity index is 1.30. The number of rotatable bonds is 9. The van der Waals surface area contributed by atoms with Crippen molar-refractivity contribution in [2.75, 3.05) is 13.2 Å². The molecule has 1 unspecified atom stereocenters. The number of amides is 2. The van der Waals surface area contributed by atoms with Crippen LogP contribution in [0.15, 0.2) is 48.5 Å². The summed E-state index contributed by atoms with van der Waals surface area (Å²) in [7, 11) is 0. The molecule has 1 aromatic heterocycles. The van der Waals surface area contributed by atoms with Crippen LogP contribution in [-0.2, 0) is 16.1 Å². The van der Waals surface area contributed by atoms with Crippen molar-refractivity contribution in [1.29, 1.82) is 0 Å². The number of fused-ring (bicyclic) bond motifs is 3. The zero-order valence-electron chi connectivity index (χ0n) is 19.5. The fourth-order valence-corrected chi connectivity index (χ4v) is 5.13. The Labute approximate surface area is 207 Å². The van der Waals surface area contributed by atoms with Crippen LogP contribution in [0.2, 0.25) is 0 Å². The van der Waals surface area contributed by atoms with Crippen molar-refractivity contribution in [2.24, 2.45) is 5.92 Å². The van der Waals surface area contributed by atoms with Crippen LogP contribution in [0.1, 0.15) is 50.8 Å². The highest BCUT2D eigenvalue weighted by atomic mass is 32.1. The molecule has 3 N–H and O–H groups in total. The van der Waals surface area contributed by atoms with E-state index in [0.717, 1.165) is 16.0 Å². The Bertz CT molecular complexity index is 1210. The van der Waals surface area contributed by atoms with E-state index in [-0.39, 0.29) is 49.6 Å². The first kappa shape index (κ1) is 24.4. The normalized spacial score (nSPS) is 13.0. The summed E-state index contributed by atoms with van der Waals surface area (Å²) in [6.07, 6.45) is -0.570. The van der Waals surface area contributed by atoms with Gasteiger partial charge < -0.3 is 20.5 Å². The zero-order valence-corrected chi connectivity index (χ0v) is 20.4. The van der Waals surface area contributed by atoms with E-state index >= 15 is 0 Å². The number of aryl methyl sites for hydroxylation is 1. The maximum atomic E-state index is 12.4. The van der Waals surface area contributed by atoms with Gasteiger partial charge in [-0.1, -0.05) is 55.5 Å². The minimum Gasteiger partial charge on any atom is -0.481 e. The summed E-state index contributed by atoms with van der Waals surface area (Å²) in [5.41, 5.74) is 4.90. The van der Waals surface area contributed by atoms with Gasteiger partial charge in [-0.05, 0) is 35.1 Å². The van der Waals surface area contributed by atoms with Gasteiger partial charge in [-0.25, -0.2) is 9.78 Å². The Morgan fingerprint density at radius 2 is 1.69 bits per heavy atom. The maximum Gasteiger partial charge on any atom is 0.407 e. The number of aliphatic carboxylic acids is 1. The first-order valence-electron chi connectivity index (χ1n) is 11.4. The third-order valence-corrected chi connectivity index (χ3v) is 6.89. The van der Waals surface area contributed by atoms with E-state index in [2.05, 4.69) is 39.9 Å². The molecule has 8 nitrogen and oxygen atoms in total. The van der Waals surface area contributed by atoms with Gasteiger partial charge >= 0.3 is 12.1 Å². The number of hydrogen-bond acceptors (Lipinski definition) is 6. The number of ether oxygens (including phenoxy) is 1.